The average Bonchev–Trinajstić information content (AvgIpc) is 2.57. The predicted octanol–water partition coefficient (Wildman–Crippen LogP) is 3.36. The van der Waals surface area contributed by atoms with Crippen LogP contribution in [0.5, 0.6) is 0 Å². The Kier molecular flexibility index (Phi) is 4.16. The Hall–Kier alpha value is -1.25. The molecule has 90 valence electrons. The smallest absolute Gasteiger partial charge is 0.352 e. The summed E-state index contributed by atoms with van der Waals surface area (Å²) in [5, 5.41) is 9.08. The van der Waals surface area contributed by atoms with E-state index in [1.165, 1.54) is 0 Å². The third-order valence-corrected chi connectivity index (χ3v) is 2.72. The highest BCUT2D eigenvalue weighted by molar-refractivity contribution is 5.86. The monoisotopic (exact) mass is 223 g/mol. The first-order valence-corrected chi connectivity index (χ1v) is 5.87. The lowest BCUT2D eigenvalue weighted by Gasteiger charge is -2.16. The van der Waals surface area contributed by atoms with E-state index in [0.29, 0.717) is 11.6 Å². The zero-order valence-electron chi connectivity index (χ0n) is 10.5. The largest absolute Gasteiger partial charge is 0.477 e. The Morgan fingerprint density at radius 1 is 1.31 bits per heavy atom. The lowest BCUT2D eigenvalue weighted by molar-refractivity contribution is 0.0683. The summed E-state index contributed by atoms with van der Waals surface area (Å²) in [5.74, 6) is -0.201. The van der Waals surface area contributed by atoms with Gasteiger partial charge in [-0.2, -0.15) is 0 Å². The molecule has 1 aromatic heterocycles. The molecule has 0 amide bonds. The highest BCUT2D eigenvalue weighted by atomic mass is 16.4. The fourth-order valence-corrected chi connectivity index (χ4v) is 1.91. The van der Waals surface area contributed by atoms with E-state index in [0.717, 1.165) is 18.5 Å². The first-order valence-electron chi connectivity index (χ1n) is 5.87. The first kappa shape index (κ1) is 12.8. The molecule has 1 aromatic rings. The van der Waals surface area contributed by atoms with Gasteiger partial charge in [-0.25, -0.2) is 4.79 Å². The molecular formula is C13H21NO2. The van der Waals surface area contributed by atoms with Crippen molar-refractivity contribution in [1.82, 2.24) is 4.57 Å². The van der Waals surface area contributed by atoms with Crippen LogP contribution in [0.25, 0.3) is 0 Å². The first-order chi connectivity index (χ1) is 7.43. The molecule has 0 aromatic carbocycles. The van der Waals surface area contributed by atoms with Crippen molar-refractivity contribution in [1.29, 1.82) is 0 Å². The summed E-state index contributed by atoms with van der Waals surface area (Å²) >= 11 is 0. The summed E-state index contributed by atoms with van der Waals surface area (Å²) in [6.07, 6.45) is 2.04. The third kappa shape index (κ3) is 2.87. The number of carboxylic acid groups (broad SMARTS) is 1. The number of rotatable bonds is 5. The van der Waals surface area contributed by atoms with Crippen molar-refractivity contribution in [3.8, 4) is 0 Å². The molecule has 0 aliphatic rings. The minimum atomic E-state index is -0.843. The Balaban J connectivity index is 2.96. The minimum Gasteiger partial charge on any atom is -0.477 e. The quantitative estimate of drug-likeness (QED) is 0.831. The van der Waals surface area contributed by atoms with Gasteiger partial charge in [0.2, 0.25) is 0 Å². The SMILES string of the molecule is CC(C)CCc1ccc(C(=O)O)n1C(C)C. The molecule has 1 rings (SSSR count). The van der Waals surface area contributed by atoms with E-state index >= 15 is 0 Å². The number of aryl methyl sites for hydroxylation is 1. The summed E-state index contributed by atoms with van der Waals surface area (Å²) in [5.41, 5.74) is 1.52. The van der Waals surface area contributed by atoms with Crippen molar-refractivity contribution in [2.45, 2.75) is 46.6 Å². The second kappa shape index (κ2) is 5.19. The van der Waals surface area contributed by atoms with E-state index in [9.17, 15) is 4.79 Å². The Labute approximate surface area is 97.1 Å². The van der Waals surface area contributed by atoms with Crippen molar-refractivity contribution in [3.63, 3.8) is 0 Å². The predicted molar refractivity (Wildman–Crippen MR) is 64.9 cm³/mol. The fraction of sp³-hybridized carbons (Fsp3) is 0.615. The Bertz CT molecular complexity index is 364. The molecule has 0 aliphatic carbocycles. The van der Waals surface area contributed by atoms with E-state index in [2.05, 4.69) is 13.8 Å². The number of aromatic nitrogens is 1. The van der Waals surface area contributed by atoms with E-state index < -0.39 is 5.97 Å². The van der Waals surface area contributed by atoms with Gasteiger partial charge in [0.25, 0.3) is 0 Å². The van der Waals surface area contributed by atoms with Crippen LogP contribution in [0.4, 0.5) is 0 Å². The Morgan fingerprint density at radius 3 is 2.38 bits per heavy atom. The normalized spacial score (nSPS) is 11.4. The number of carboxylic acids is 1. The summed E-state index contributed by atoms with van der Waals surface area (Å²) in [4.78, 5) is 11.1. The van der Waals surface area contributed by atoms with Crippen molar-refractivity contribution in [2.75, 3.05) is 0 Å². The average molecular weight is 223 g/mol. The molecule has 0 bridgehead atoms. The molecule has 0 unspecified atom stereocenters. The molecule has 3 heteroatoms. The molecule has 0 atom stereocenters. The van der Waals surface area contributed by atoms with Crippen molar-refractivity contribution < 1.29 is 9.90 Å². The lowest BCUT2D eigenvalue weighted by Crippen LogP contribution is -2.13. The van der Waals surface area contributed by atoms with Gasteiger partial charge < -0.3 is 9.67 Å². The lowest BCUT2D eigenvalue weighted by atomic mass is 10.1. The van der Waals surface area contributed by atoms with E-state index in [4.69, 9.17) is 5.11 Å². The molecule has 1 N–H and O–H groups in total. The van der Waals surface area contributed by atoms with Crippen LogP contribution >= 0.6 is 0 Å². The van der Waals surface area contributed by atoms with Gasteiger partial charge in [0.05, 0.1) is 0 Å². The zero-order chi connectivity index (χ0) is 12.3. The fourth-order valence-electron chi connectivity index (χ4n) is 1.91. The molecule has 0 radical (unpaired) electrons. The van der Waals surface area contributed by atoms with Gasteiger partial charge in [-0.3, -0.25) is 0 Å². The van der Waals surface area contributed by atoms with Crippen molar-refractivity contribution in [3.05, 3.63) is 23.5 Å². The van der Waals surface area contributed by atoms with Gasteiger partial charge in [-0.15, -0.1) is 0 Å². The van der Waals surface area contributed by atoms with E-state index in [1.54, 1.807) is 6.07 Å². The Morgan fingerprint density at radius 2 is 1.94 bits per heavy atom. The van der Waals surface area contributed by atoms with Crippen LogP contribution in [-0.4, -0.2) is 15.6 Å². The number of aromatic carboxylic acids is 1. The number of hydrogen-bond donors (Lipinski definition) is 1. The van der Waals surface area contributed by atoms with Crippen molar-refractivity contribution >= 4 is 5.97 Å². The van der Waals surface area contributed by atoms with Crippen molar-refractivity contribution in [2.24, 2.45) is 5.92 Å². The van der Waals surface area contributed by atoms with E-state index in [-0.39, 0.29) is 6.04 Å². The second-order valence-electron chi connectivity index (χ2n) is 4.91. The molecular weight excluding hydrogens is 202 g/mol. The zero-order valence-corrected chi connectivity index (χ0v) is 10.5. The van der Waals surface area contributed by atoms with Gasteiger partial charge in [0.1, 0.15) is 5.69 Å². The summed E-state index contributed by atoms with van der Waals surface area (Å²) in [6, 6.07) is 3.84. The van der Waals surface area contributed by atoms with Crippen LogP contribution in [0.15, 0.2) is 12.1 Å². The van der Waals surface area contributed by atoms with Crippen LogP contribution in [0.3, 0.4) is 0 Å². The molecule has 3 nitrogen and oxygen atoms in total. The second-order valence-corrected chi connectivity index (χ2v) is 4.91. The summed E-state index contributed by atoms with van der Waals surface area (Å²) in [7, 11) is 0. The molecule has 0 aliphatic heterocycles. The number of hydrogen-bond acceptors (Lipinski definition) is 1. The maximum Gasteiger partial charge on any atom is 0.352 e. The summed E-state index contributed by atoms with van der Waals surface area (Å²) < 4.78 is 1.92. The maximum absolute atomic E-state index is 11.1. The standard InChI is InChI=1S/C13H21NO2/c1-9(2)5-6-11-7-8-12(13(15)16)14(11)10(3)4/h7-10H,5-6H2,1-4H3,(H,15,16). The van der Waals surface area contributed by atoms with E-state index in [1.807, 2.05) is 24.5 Å². The molecule has 0 saturated heterocycles. The van der Waals surface area contributed by atoms with Gasteiger partial charge in [-0.05, 0) is 44.7 Å². The number of nitrogens with zero attached hydrogens (tertiary/aromatic N) is 1. The molecule has 16 heavy (non-hydrogen) atoms. The molecule has 0 spiro atoms. The topological polar surface area (TPSA) is 42.2 Å². The van der Waals surface area contributed by atoms with Gasteiger partial charge in [-0.1, -0.05) is 13.8 Å². The van der Waals surface area contributed by atoms with Crippen LogP contribution in [0.2, 0.25) is 0 Å². The molecule has 0 fully saturated rings. The third-order valence-electron chi connectivity index (χ3n) is 2.72. The van der Waals surface area contributed by atoms with Gasteiger partial charge in [0, 0.05) is 11.7 Å². The van der Waals surface area contributed by atoms with Gasteiger partial charge in [0.15, 0.2) is 0 Å². The van der Waals surface area contributed by atoms with Crippen LogP contribution in [0, 0.1) is 5.92 Å². The summed E-state index contributed by atoms with van der Waals surface area (Å²) in [6.45, 7) is 8.40. The minimum absolute atomic E-state index is 0.197. The highest BCUT2D eigenvalue weighted by Crippen LogP contribution is 2.19. The molecule has 0 saturated carbocycles. The van der Waals surface area contributed by atoms with Crippen LogP contribution in [0.1, 0.15) is 56.3 Å². The maximum atomic E-state index is 11.1. The van der Waals surface area contributed by atoms with Crippen LogP contribution in [-0.2, 0) is 6.42 Å². The highest BCUT2D eigenvalue weighted by Gasteiger charge is 2.15. The van der Waals surface area contributed by atoms with Gasteiger partial charge >= 0.3 is 5.97 Å². The molecule has 1 heterocycles. The number of carbonyl (C=O) groups is 1. The van der Waals surface area contributed by atoms with Crippen LogP contribution < -0.4 is 0 Å².